The van der Waals surface area contributed by atoms with E-state index in [1.54, 1.807) is 0 Å². The molecule has 2 atom stereocenters. The summed E-state index contributed by atoms with van der Waals surface area (Å²) in [5.74, 6) is -0.674. The molecule has 0 heterocycles. The van der Waals surface area contributed by atoms with Crippen molar-refractivity contribution in [3.05, 3.63) is 35.9 Å². The van der Waals surface area contributed by atoms with Gasteiger partial charge in [0, 0.05) is 5.92 Å². The third-order valence-corrected chi connectivity index (χ3v) is 3.83. The van der Waals surface area contributed by atoms with Crippen molar-refractivity contribution in [2.24, 2.45) is 11.8 Å². The first-order valence-electron chi connectivity index (χ1n) is 7.19. The van der Waals surface area contributed by atoms with E-state index < -0.39 is 11.6 Å². The number of hydrogen-bond donors (Lipinski definition) is 1. The van der Waals surface area contributed by atoms with Crippen molar-refractivity contribution in [1.29, 1.82) is 0 Å². The van der Waals surface area contributed by atoms with Gasteiger partial charge in [-0.25, -0.2) is 4.79 Å². The van der Waals surface area contributed by atoms with Gasteiger partial charge in [0.15, 0.2) is 5.60 Å². The highest BCUT2D eigenvalue weighted by Crippen LogP contribution is 2.39. The first-order chi connectivity index (χ1) is 9.33. The lowest BCUT2D eigenvalue weighted by Crippen LogP contribution is -2.50. The summed E-state index contributed by atoms with van der Waals surface area (Å²) < 4.78 is 4.87. The van der Waals surface area contributed by atoms with Crippen LogP contribution in [0.1, 0.15) is 45.6 Å². The molecule has 1 aromatic carbocycles. The van der Waals surface area contributed by atoms with Crippen LogP contribution in [0.5, 0.6) is 0 Å². The number of aliphatic hydroxyl groups is 1. The Bertz CT molecular complexity index is 425. The number of carbonyl (C=O) groups excluding carboxylic acids is 1. The normalized spacial score (nSPS) is 16.0. The number of methoxy groups -OCH3 is 1. The highest BCUT2D eigenvalue weighted by Gasteiger charge is 2.48. The molecule has 0 aliphatic carbocycles. The monoisotopic (exact) mass is 278 g/mol. The molecule has 0 amide bonds. The van der Waals surface area contributed by atoms with Crippen molar-refractivity contribution in [3.8, 4) is 0 Å². The molecule has 1 aromatic rings. The molecule has 0 saturated heterocycles. The Kier molecular flexibility index (Phi) is 5.75. The smallest absolute Gasteiger partial charge is 0.338 e. The second-order valence-corrected chi connectivity index (χ2v) is 6.06. The third-order valence-electron chi connectivity index (χ3n) is 3.83. The number of hydrogen-bond acceptors (Lipinski definition) is 3. The maximum Gasteiger partial charge on any atom is 0.338 e. The van der Waals surface area contributed by atoms with Crippen LogP contribution in [0.15, 0.2) is 30.3 Å². The van der Waals surface area contributed by atoms with Gasteiger partial charge in [0.05, 0.1) is 7.11 Å². The molecule has 2 unspecified atom stereocenters. The van der Waals surface area contributed by atoms with Gasteiger partial charge in [-0.1, -0.05) is 58.0 Å². The fourth-order valence-electron chi connectivity index (χ4n) is 2.67. The molecule has 20 heavy (non-hydrogen) atoms. The maximum absolute atomic E-state index is 12.2. The zero-order chi connectivity index (χ0) is 15.3. The minimum atomic E-state index is -1.50. The highest BCUT2D eigenvalue weighted by atomic mass is 16.5. The molecule has 0 saturated carbocycles. The summed E-state index contributed by atoms with van der Waals surface area (Å²) in [5.41, 5.74) is -0.525. The predicted octanol–water partition coefficient (Wildman–Crippen LogP) is 3.38. The fourth-order valence-corrected chi connectivity index (χ4v) is 2.67. The van der Waals surface area contributed by atoms with Gasteiger partial charge in [0.25, 0.3) is 0 Å². The molecular formula is C17H26O3. The van der Waals surface area contributed by atoms with Crippen LogP contribution < -0.4 is 0 Å². The van der Waals surface area contributed by atoms with Gasteiger partial charge in [-0.15, -0.1) is 0 Å². The van der Waals surface area contributed by atoms with Crippen molar-refractivity contribution in [2.45, 2.75) is 45.6 Å². The summed E-state index contributed by atoms with van der Waals surface area (Å²) in [6.45, 7) is 7.89. The van der Waals surface area contributed by atoms with Gasteiger partial charge in [-0.05, 0) is 23.8 Å². The standard InChI is InChI=1S/C17H26O3/c1-12(2)11-15(14-9-7-6-8-10-14)17(19,13(3)4)16(18)20-5/h6-10,12-13,15,19H,11H2,1-5H3. The van der Waals surface area contributed by atoms with E-state index in [4.69, 9.17) is 4.74 Å². The molecule has 3 heteroatoms. The lowest BCUT2D eigenvalue weighted by molar-refractivity contribution is -0.171. The molecule has 1 N–H and O–H groups in total. The van der Waals surface area contributed by atoms with Gasteiger partial charge in [-0.2, -0.15) is 0 Å². The first kappa shape index (κ1) is 16.7. The van der Waals surface area contributed by atoms with Gasteiger partial charge in [0.1, 0.15) is 0 Å². The Balaban J connectivity index is 3.29. The Morgan fingerprint density at radius 2 is 1.75 bits per heavy atom. The Labute approximate surface area is 122 Å². The summed E-state index contributed by atoms with van der Waals surface area (Å²) in [5, 5.41) is 11.0. The minimum absolute atomic E-state index is 0.223. The lowest BCUT2D eigenvalue weighted by atomic mass is 9.71. The first-order valence-corrected chi connectivity index (χ1v) is 7.19. The Hall–Kier alpha value is -1.35. The topological polar surface area (TPSA) is 46.5 Å². The lowest BCUT2D eigenvalue weighted by Gasteiger charge is -2.38. The zero-order valence-corrected chi connectivity index (χ0v) is 13.1. The second kappa shape index (κ2) is 6.89. The quantitative estimate of drug-likeness (QED) is 0.811. The van der Waals surface area contributed by atoms with E-state index in [-0.39, 0.29) is 11.8 Å². The van der Waals surface area contributed by atoms with E-state index in [1.807, 2.05) is 44.2 Å². The molecule has 0 aliphatic heterocycles. The van der Waals surface area contributed by atoms with Crippen molar-refractivity contribution < 1.29 is 14.6 Å². The molecule has 0 radical (unpaired) electrons. The van der Waals surface area contributed by atoms with Crippen LogP contribution in [0, 0.1) is 11.8 Å². The average molecular weight is 278 g/mol. The number of esters is 1. The molecule has 0 spiro atoms. The van der Waals surface area contributed by atoms with E-state index in [0.29, 0.717) is 5.92 Å². The molecule has 0 bridgehead atoms. The molecule has 1 rings (SSSR count). The van der Waals surface area contributed by atoms with E-state index >= 15 is 0 Å². The number of carbonyl (C=O) groups is 1. The highest BCUT2D eigenvalue weighted by molar-refractivity contribution is 5.81. The van der Waals surface area contributed by atoms with Crippen LogP contribution in [0.25, 0.3) is 0 Å². The summed E-state index contributed by atoms with van der Waals surface area (Å²) in [6.07, 6.45) is 0.730. The van der Waals surface area contributed by atoms with Crippen molar-refractivity contribution >= 4 is 5.97 Å². The van der Waals surface area contributed by atoms with Gasteiger partial charge < -0.3 is 9.84 Å². The zero-order valence-electron chi connectivity index (χ0n) is 13.1. The summed E-state index contributed by atoms with van der Waals surface area (Å²) >= 11 is 0. The van der Waals surface area contributed by atoms with Crippen LogP contribution >= 0.6 is 0 Å². The Morgan fingerprint density at radius 3 is 2.15 bits per heavy atom. The van der Waals surface area contributed by atoms with Crippen molar-refractivity contribution in [2.75, 3.05) is 7.11 Å². The summed E-state index contributed by atoms with van der Waals surface area (Å²) in [6, 6.07) is 9.72. The molecule has 112 valence electrons. The van der Waals surface area contributed by atoms with Crippen LogP contribution in [-0.4, -0.2) is 23.8 Å². The van der Waals surface area contributed by atoms with Crippen LogP contribution in [0.4, 0.5) is 0 Å². The summed E-state index contributed by atoms with van der Waals surface area (Å²) in [4.78, 5) is 12.2. The molecular weight excluding hydrogens is 252 g/mol. The second-order valence-electron chi connectivity index (χ2n) is 6.06. The molecule has 0 aromatic heterocycles. The maximum atomic E-state index is 12.2. The van der Waals surface area contributed by atoms with E-state index in [9.17, 15) is 9.90 Å². The number of rotatable bonds is 6. The average Bonchev–Trinajstić information content (AvgIpc) is 2.43. The largest absolute Gasteiger partial charge is 0.467 e. The minimum Gasteiger partial charge on any atom is -0.467 e. The van der Waals surface area contributed by atoms with E-state index in [0.717, 1.165) is 12.0 Å². The van der Waals surface area contributed by atoms with Gasteiger partial charge in [0.2, 0.25) is 0 Å². The fraction of sp³-hybridized carbons (Fsp3) is 0.588. The number of ether oxygens (including phenoxy) is 1. The van der Waals surface area contributed by atoms with Crippen molar-refractivity contribution in [1.82, 2.24) is 0 Å². The Morgan fingerprint density at radius 1 is 1.20 bits per heavy atom. The van der Waals surface area contributed by atoms with Crippen molar-refractivity contribution in [3.63, 3.8) is 0 Å². The molecule has 0 fully saturated rings. The SMILES string of the molecule is COC(=O)C(O)(C(C)C)C(CC(C)C)c1ccccc1. The van der Waals surface area contributed by atoms with Crippen LogP contribution in [0.2, 0.25) is 0 Å². The third kappa shape index (κ3) is 3.40. The van der Waals surface area contributed by atoms with Crippen LogP contribution in [0.3, 0.4) is 0 Å². The van der Waals surface area contributed by atoms with Gasteiger partial charge >= 0.3 is 5.97 Å². The molecule has 3 nitrogen and oxygen atoms in total. The van der Waals surface area contributed by atoms with E-state index in [1.165, 1.54) is 7.11 Å². The van der Waals surface area contributed by atoms with Gasteiger partial charge in [-0.3, -0.25) is 0 Å². The molecule has 0 aliphatic rings. The van der Waals surface area contributed by atoms with E-state index in [2.05, 4.69) is 13.8 Å². The predicted molar refractivity (Wildman–Crippen MR) is 80.4 cm³/mol. The van der Waals surface area contributed by atoms with Crippen LogP contribution in [-0.2, 0) is 9.53 Å². The summed E-state index contributed by atoms with van der Waals surface area (Å²) in [7, 11) is 1.33. The number of benzene rings is 1.